The average Bonchev–Trinajstić information content (AvgIpc) is 3.01. The van der Waals surface area contributed by atoms with Crippen molar-refractivity contribution >= 4 is 5.91 Å². The Bertz CT molecular complexity index is 1360. The Labute approximate surface area is 251 Å². The third-order valence-corrected chi connectivity index (χ3v) is 6.12. The molecule has 0 saturated carbocycles. The maximum absolute atomic E-state index is 13.6. The van der Waals surface area contributed by atoms with Crippen molar-refractivity contribution in [2.24, 2.45) is 0 Å². The number of benzene rings is 3. The number of nitrogens with one attached hydrogen (secondary N) is 2. The molecule has 3 aromatic carbocycles. The largest absolute Gasteiger partial charge is 0.390 e. The van der Waals surface area contributed by atoms with E-state index in [0.717, 1.165) is 24.1 Å². The molecule has 0 aliphatic heterocycles. The van der Waals surface area contributed by atoms with Gasteiger partial charge in [0.1, 0.15) is 17.5 Å². The van der Waals surface area contributed by atoms with Crippen molar-refractivity contribution in [3.8, 4) is 24.0 Å². The van der Waals surface area contributed by atoms with Gasteiger partial charge >= 0.3 is 0 Å². The molecular formula is C35H38F4N2O2. The van der Waals surface area contributed by atoms with Gasteiger partial charge in [-0.25, -0.2) is 17.6 Å². The number of carbonyl (C=O) groups excluding carboxylic acids is 1. The lowest BCUT2D eigenvalue weighted by Gasteiger charge is -2.23. The summed E-state index contributed by atoms with van der Waals surface area (Å²) < 4.78 is 50.1. The highest BCUT2D eigenvalue weighted by molar-refractivity contribution is 5.95. The Morgan fingerprint density at radius 1 is 0.977 bits per heavy atom. The van der Waals surface area contributed by atoms with Crippen LogP contribution in [0.15, 0.2) is 104 Å². The molecule has 43 heavy (non-hydrogen) atoms. The van der Waals surface area contributed by atoms with Gasteiger partial charge in [-0.3, -0.25) is 4.79 Å². The van der Waals surface area contributed by atoms with Crippen LogP contribution in [0.3, 0.4) is 0 Å². The van der Waals surface area contributed by atoms with Crippen LogP contribution in [0.5, 0.6) is 0 Å². The number of aliphatic hydroxyl groups excluding tert-OH is 1. The van der Waals surface area contributed by atoms with Gasteiger partial charge in [-0.15, -0.1) is 12.8 Å². The minimum absolute atomic E-state index is 0.134. The van der Waals surface area contributed by atoms with E-state index < -0.39 is 29.6 Å². The van der Waals surface area contributed by atoms with Crippen LogP contribution < -0.4 is 10.6 Å². The van der Waals surface area contributed by atoms with Crippen molar-refractivity contribution in [1.82, 2.24) is 10.6 Å². The predicted molar refractivity (Wildman–Crippen MR) is 166 cm³/mol. The minimum atomic E-state index is -0.770. The summed E-state index contributed by atoms with van der Waals surface area (Å²) in [6.45, 7) is 8.17. The average molecular weight is 595 g/mol. The van der Waals surface area contributed by atoms with Gasteiger partial charge in [0.15, 0.2) is 0 Å². The molecule has 3 N–H and O–H groups in total. The zero-order valence-corrected chi connectivity index (χ0v) is 24.4. The van der Waals surface area contributed by atoms with Crippen LogP contribution in [0.25, 0.3) is 11.1 Å². The Hall–Kier alpha value is -4.45. The van der Waals surface area contributed by atoms with Gasteiger partial charge in [-0.2, -0.15) is 0 Å². The van der Waals surface area contributed by atoms with Crippen LogP contribution in [0.1, 0.15) is 41.8 Å². The summed E-state index contributed by atoms with van der Waals surface area (Å²) in [6.07, 6.45) is 11.9. The van der Waals surface area contributed by atoms with Gasteiger partial charge in [0.05, 0.1) is 18.5 Å². The molecule has 0 bridgehead atoms. The number of aliphatic hydroxyl groups is 1. The number of carbonyl (C=O) groups is 1. The molecule has 0 aliphatic rings. The number of halogens is 4. The molecule has 0 fully saturated rings. The first-order valence-electron chi connectivity index (χ1n) is 13.6. The van der Waals surface area contributed by atoms with Crippen molar-refractivity contribution < 1.29 is 27.5 Å². The molecule has 0 saturated heterocycles. The van der Waals surface area contributed by atoms with Crippen LogP contribution in [0, 0.1) is 24.5 Å². The molecular weight excluding hydrogens is 556 g/mol. The van der Waals surface area contributed by atoms with E-state index in [1.807, 2.05) is 19.1 Å². The molecule has 1 amide bonds. The standard InChI is InChI=1S/C27H30F2N2O2.C6H6F2.C2H2/c1-3-18-7-5-8-19(11-18)16-30-17-26(32)25(4-2)31-27(33)21-10-6-9-20(12-21)22-13-23(28)15-24(29)14-22;1-2-3-6(8)4-5-7;1-2/h5-15,25-26,30,32H,3-4,16-17H2,1-2H3,(H,31,33);2-5H,1H2;1-2H/b;5-4+,6-3+;. The highest BCUT2D eigenvalue weighted by atomic mass is 19.1. The number of hydrogen-bond acceptors (Lipinski definition) is 3. The Morgan fingerprint density at radius 2 is 1.63 bits per heavy atom. The first-order valence-corrected chi connectivity index (χ1v) is 13.6. The zero-order chi connectivity index (χ0) is 32.2. The Kier molecular flexibility index (Phi) is 17.4. The Balaban J connectivity index is 0.000000801. The maximum atomic E-state index is 13.6. The molecule has 0 aliphatic carbocycles. The monoisotopic (exact) mass is 594 g/mol. The number of terminal acetylenes is 1. The summed E-state index contributed by atoms with van der Waals surface area (Å²) in [5.41, 5.74) is 3.64. The molecule has 0 aromatic heterocycles. The molecule has 2 unspecified atom stereocenters. The van der Waals surface area contributed by atoms with Crippen molar-refractivity contribution in [2.75, 3.05) is 6.54 Å². The summed E-state index contributed by atoms with van der Waals surface area (Å²) in [5.74, 6) is -2.34. The van der Waals surface area contributed by atoms with Crippen LogP contribution in [0.2, 0.25) is 0 Å². The van der Waals surface area contributed by atoms with Gasteiger partial charge < -0.3 is 15.7 Å². The number of amides is 1. The highest BCUT2D eigenvalue weighted by Gasteiger charge is 2.20. The molecule has 228 valence electrons. The summed E-state index contributed by atoms with van der Waals surface area (Å²) >= 11 is 0. The lowest BCUT2D eigenvalue weighted by molar-refractivity contribution is 0.0825. The zero-order valence-electron chi connectivity index (χ0n) is 24.4. The number of rotatable bonds is 12. The molecule has 2 atom stereocenters. The second-order valence-electron chi connectivity index (χ2n) is 9.18. The molecule has 4 nitrogen and oxygen atoms in total. The van der Waals surface area contributed by atoms with Crippen LogP contribution in [-0.4, -0.2) is 29.7 Å². The molecule has 3 aromatic rings. The predicted octanol–water partition coefficient (Wildman–Crippen LogP) is 7.61. The van der Waals surface area contributed by atoms with Gasteiger partial charge in [0, 0.05) is 30.8 Å². The van der Waals surface area contributed by atoms with E-state index in [1.165, 1.54) is 23.8 Å². The second-order valence-corrected chi connectivity index (χ2v) is 9.18. The lowest BCUT2D eigenvalue weighted by atomic mass is 10.0. The van der Waals surface area contributed by atoms with Gasteiger partial charge in [0.2, 0.25) is 0 Å². The smallest absolute Gasteiger partial charge is 0.251 e. The molecule has 0 spiro atoms. The van der Waals surface area contributed by atoms with E-state index in [4.69, 9.17) is 0 Å². The van der Waals surface area contributed by atoms with Gasteiger partial charge in [-0.05, 0) is 65.4 Å². The first kappa shape index (κ1) is 36.6. The van der Waals surface area contributed by atoms with Gasteiger partial charge in [-0.1, -0.05) is 62.9 Å². The van der Waals surface area contributed by atoms with Crippen LogP contribution in [0.4, 0.5) is 17.6 Å². The Morgan fingerprint density at radius 3 is 2.23 bits per heavy atom. The summed E-state index contributed by atoms with van der Waals surface area (Å²) in [4.78, 5) is 12.8. The minimum Gasteiger partial charge on any atom is -0.390 e. The third-order valence-electron chi connectivity index (χ3n) is 6.12. The quantitative estimate of drug-likeness (QED) is 0.115. The lowest BCUT2D eigenvalue weighted by Crippen LogP contribution is -2.47. The van der Waals surface area contributed by atoms with Crippen molar-refractivity contribution in [1.29, 1.82) is 0 Å². The summed E-state index contributed by atoms with van der Waals surface area (Å²) in [6, 6.07) is 17.7. The van der Waals surface area contributed by atoms with Gasteiger partial charge in [0.25, 0.3) is 5.91 Å². The number of allylic oxidation sites excluding steroid dienone is 4. The normalized spacial score (nSPS) is 12.3. The van der Waals surface area contributed by atoms with Crippen molar-refractivity contribution in [3.63, 3.8) is 0 Å². The summed E-state index contributed by atoms with van der Waals surface area (Å²) in [5, 5.41) is 16.7. The topological polar surface area (TPSA) is 61.4 Å². The maximum Gasteiger partial charge on any atom is 0.251 e. The fourth-order valence-corrected chi connectivity index (χ4v) is 3.98. The van der Waals surface area contributed by atoms with E-state index in [1.54, 1.807) is 24.3 Å². The first-order chi connectivity index (χ1) is 20.7. The van der Waals surface area contributed by atoms with E-state index in [0.29, 0.717) is 42.3 Å². The molecule has 0 radical (unpaired) electrons. The van der Waals surface area contributed by atoms with E-state index in [9.17, 15) is 27.5 Å². The number of aryl methyl sites for hydroxylation is 1. The molecule has 8 heteroatoms. The molecule has 0 heterocycles. The fraction of sp³-hybridized carbons (Fsp3) is 0.229. The molecule has 3 rings (SSSR count). The van der Waals surface area contributed by atoms with Crippen LogP contribution >= 0.6 is 0 Å². The second kappa shape index (κ2) is 20.4. The highest BCUT2D eigenvalue weighted by Crippen LogP contribution is 2.23. The van der Waals surface area contributed by atoms with E-state index >= 15 is 0 Å². The number of hydrogen-bond donors (Lipinski definition) is 3. The SMILES string of the molecule is C#C.C=C/C=C(F)\C=C\F.CCc1cccc(CNCC(O)C(CC)NC(=O)c2cccc(-c3cc(F)cc(F)c3)c2)c1. The van der Waals surface area contributed by atoms with Crippen molar-refractivity contribution in [3.05, 3.63) is 132 Å². The van der Waals surface area contributed by atoms with Crippen LogP contribution in [-0.2, 0) is 13.0 Å². The third kappa shape index (κ3) is 13.4. The van der Waals surface area contributed by atoms with E-state index in [2.05, 4.69) is 49.1 Å². The summed E-state index contributed by atoms with van der Waals surface area (Å²) in [7, 11) is 0. The van der Waals surface area contributed by atoms with E-state index in [-0.39, 0.29) is 12.2 Å². The fourth-order valence-electron chi connectivity index (χ4n) is 3.98. The van der Waals surface area contributed by atoms with Crippen molar-refractivity contribution in [2.45, 2.75) is 45.4 Å².